The van der Waals surface area contributed by atoms with E-state index in [0.29, 0.717) is 0 Å². The van der Waals surface area contributed by atoms with E-state index in [2.05, 4.69) is 39.8 Å². The smallest absolute Gasteiger partial charge is 0.0270 e. The second-order valence-corrected chi connectivity index (χ2v) is 7.50. The summed E-state index contributed by atoms with van der Waals surface area (Å²) in [6.45, 7) is 8.35. The normalized spacial score (nSPS) is 15.9. The van der Waals surface area contributed by atoms with Gasteiger partial charge >= 0.3 is 0 Å². The number of nitrogens with zero attached hydrogens (tertiary/aromatic N) is 1. The molecule has 0 aromatic carbocycles. The van der Waals surface area contributed by atoms with Gasteiger partial charge in [0.15, 0.2) is 0 Å². The van der Waals surface area contributed by atoms with E-state index in [1.54, 1.807) is 0 Å². The average Bonchev–Trinajstić information content (AvgIpc) is 1.58. The zero-order chi connectivity index (χ0) is 8.15. The Balaban J connectivity index is 3.34. The largest absolute Gasteiger partial charge is 0.309 e. The molecule has 1 nitrogen and oxygen atoms in total. The summed E-state index contributed by atoms with van der Waals surface area (Å²) < 4.78 is 0. The first kappa shape index (κ1) is 10.2. The maximum atomic E-state index is 2.38. The minimum absolute atomic E-state index is 0.186. The van der Waals surface area contributed by atoms with Gasteiger partial charge < -0.3 is 4.90 Å². The SMILES string of the molecule is CC(C)[SiH2]C(C)CN(C)C. The Morgan fingerprint density at radius 3 is 2.00 bits per heavy atom. The lowest BCUT2D eigenvalue weighted by molar-refractivity contribution is 0.406. The highest BCUT2D eigenvalue weighted by Gasteiger charge is 2.05. The molecule has 2 heteroatoms. The van der Waals surface area contributed by atoms with Crippen LogP contribution in [0.5, 0.6) is 0 Å². The summed E-state index contributed by atoms with van der Waals surface area (Å²) in [5.41, 5.74) is 1.96. The molecule has 10 heavy (non-hydrogen) atoms. The highest BCUT2D eigenvalue weighted by molar-refractivity contribution is 6.39. The molecular weight excluding hydrogens is 138 g/mol. The van der Waals surface area contributed by atoms with E-state index in [-0.39, 0.29) is 9.52 Å². The van der Waals surface area contributed by atoms with Gasteiger partial charge in [-0.25, -0.2) is 0 Å². The molecule has 0 radical (unpaired) electrons. The molecule has 0 fully saturated rings. The van der Waals surface area contributed by atoms with Gasteiger partial charge in [-0.3, -0.25) is 0 Å². The Labute approximate surface area is 67.6 Å². The van der Waals surface area contributed by atoms with Crippen molar-refractivity contribution in [3.63, 3.8) is 0 Å². The van der Waals surface area contributed by atoms with Gasteiger partial charge in [0, 0.05) is 9.52 Å². The first-order valence-electron chi connectivity index (χ1n) is 4.17. The van der Waals surface area contributed by atoms with Crippen molar-refractivity contribution >= 4 is 9.52 Å². The predicted molar refractivity (Wildman–Crippen MR) is 51.6 cm³/mol. The van der Waals surface area contributed by atoms with E-state index in [1.165, 1.54) is 6.54 Å². The van der Waals surface area contributed by atoms with E-state index in [9.17, 15) is 0 Å². The van der Waals surface area contributed by atoms with Crippen LogP contribution in [0.4, 0.5) is 0 Å². The minimum atomic E-state index is 0.186. The van der Waals surface area contributed by atoms with E-state index in [1.807, 2.05) is 0 Å². The summed E-state index contributed by atoms with van der Waals surface area (Å²) in [4.78, 5) is 2.29. The fraction of sp³-hybridized carbons (Fsp3) is 1.00. The molecule has 0 aromatic heterocycles. The number of rotatable bonds is 4. The van der Waals surface area contributed by atoms with Crippen molar-refractivity contribution in [2.24, 2.45) is 0 Å². The number of hydrogen-bond acceptors (Lipinski definition) is 1. The molecule has 0 aromatic rings. The van der Waals surface area contributed by atoms with Crippen molar-refractivity contribution in [2.45, 2.75) is 31.9 Å². The van der Waals surface area contributed by atoms with Crippen molar-refractivity contribution in [1.29, 1.82) is 0 Å². The van der Waals surface area contributed by atoms with Gasteiger partial charge in [0.25, 0.3) is 0 Å². The zero-order valence-corrected chi connectivity index (χ0v) is 9.43. The molecule has 1 unspecified atom stereocenters. The Kier molecular flexibility index (Phi) is 5.00. The third-order valence-electron chi connectivity index (χ3n) is 1.55. The average molecular weight is 159 g/mol. The molecule has 0 aliphatic heterocycles. The van der Waals surface area contributed by atoms with Gasteiger partial charge in [0.2, 0.25) is 0 Å². The Morgan fingerprint density at radius 2 is 1.70 bits per heavy atom. The van der Waals surface area contributed by atoms with Crippen molar-refractivity contribution in [2.75, 3.05) is 20.6 Å². The van der Waals surface area contributed by atoms with Crippen LogP contribution in [0, 0.1) is 0 Å². The van der Waals surface area contributed by atoms with Crippen molar-refractivity contribution in [3.8, 4) is 0 Å². The van der Waals surface area contributed by atoms with Crippen LogP contribution in [0.3, 0.4) is 0 Å². The van der Waals surface area contributed by atoms with Gasteiger partial charge in [0.1, 0.15) is 0 Å². The quantitative estimate of drug-likeness (QED) is 0.560. The van der Waals surface area contributed by atoms with Crippen LogP contribution < -0.4 is 0 Å². The first-order valence-corrected chi connectivity index (χ1v) is 5.80. The molecule has 62 valence electrons. The summed E-state index contributed by atoms with van der Waals surface area (Å²) in [6.07, 6.45) is 0. The van der Waals surface area contributed by atoms with Crippen LogP contribution in [0.2, 0.25) is 11.1 Å². The van der Waals surface area contributed by atoms with E-state index < -0.39 is 0 Å². The molecule has 0 rings (SSSR count). The topological polar surface area (TPSA) is 3.24 Å². The molecule has 0 N–H and O–H groups in total. The first-order chi connectivity index (χ1) is 4.52. The van der Waals surface area contributed by atoms with E-state index >= 15 is 0 Å². The summed E-state index contributed by atoms with van der Waals surface area (Å²) in [6, 6.07) is 0. The summed E-state index contributed by atoms with van der Waals surface area (Å²) in [5, 5.41) is 0. The van der Waals surface area contributed by atoms with Crippen LogP contribution in [0.15, 0.2) is 0 Å². The molecule has 1 atom stereocenters. The van der Waals surface area contributed by atoms with Crippen molar-refractivity contribution in [1.82, 2.24) is 4.90 Å². The highest BCUT2D eigenvalue weighted by Crippen LogP contribution is 2.10. The van der Waals surface area contributed by atoms with Crippen LogP contribution in [0.1, 0.15) is 20.8 Å². The molecule has 0 aliphatic carbocycles. The Bertz CT molecular complexity index is 71.3. The summed E-state index contributed by atoms with van der Waals surface area (Å²) >= 11 is 0. The lowest BCUT2D eigenvalue weighted by atomic mass is 10.4. The summed E-state index contributed by atoms with van der Waals surface area (Å²) in [5.74, 6) is 0. The molecule has 0 aliphatic rings. The predicted octanol–water partition coefficient (Wildman–Crippen LogP) is 1.35. The van der Waals surface area contributed by atoms with Gasteiger partial charge in [-0.05, 0) is 26.2 Å². The Hall–Kier alpha value is 0.177. The maximum absolute atomic E-state index is 2.38. The highest BCUT2D eigenvalue weighted by atomic mass is 28.2. The fourth-order valence-corrected chi connectivity index (χ4v) is 3.78. The molecule has 0 heterocycles. The molecule has 0 bridgehead atoms. The van der Waals surface area contributed by atoms with Crippen LogP contribution in [0.25, 0.3) is 0 Å². The lowest BCUT2D eigenvalue weighted by Crippen LogP contribution is -2.20. The van der Waals surface area contributed by atoms with Crippen LogP contribution in [-0.2, 0) is 0 Å². The van der Waals surface area contributed by atoms with Crippen molar-refractivity contribution in [3.05, 3.63) is 0 Å². The molecule has 0 amide bonds. The zero-order valence-electron chi connectivity index (χ0n) is 8.02. The lowest BCUT2D eigenvalue weighted by Gasteiger charge is -2.17. The van der Waals surface area contributed by atoms with E-state index in [0.717, 1.165) is 11.1 Å². The number of hydrogen-bond donors (Lipinski definition) is 0. The molecule has 0 spiro atoms. The second kappa shape index (κ2) is 4.91. The third kappa shape index (κ3) is 6.30. The van der Waals surface area contributed by atoms with Crippen molar-refractivity contribution < 1.29 is 0 Å². The van der Waals surface area contributed by atoms with Gasteiger partial charge in [-0.15, -0.1) is 0 Å². The monoisotopic (exact) mass is 159 g/mol. The van der Waals surface area contributed by atoms with Crippen LogP contribution >= 0.6 is 0 Å². The van der Waals surface area contributed by atoms with Crippen LogP contribution in [-0.4, -0.2) is 35.1 Å². The molecule has 0 saturated carbocycles. The fourth-order valence-electron chi connectivity index (χ4n) is 1.50. The molecular formula is C8H21NSi. The Morgan fingerprint density at radius 1 is 1.20 bits per heavy atom. The van der Waals surface area contributed by atoms with Gasteiger partial charge in [-0.1, -0.05) is 26.3 Å². The van der Waals surface area contributed by atoms with Gasteiger partial charge in [0.05, 0.1) is 0 Å². The minimum Gasteiger partial charge on any atom is -0.309 e. The maximum Gasteiger partial charge on any atom is 0.0270 e. The standard InChI is InChI=1S/C8H21NSi/c1-7(2)10-8(3)6-9(4)5/h7-8H,6,10H2,1-5H3. The second-order valence-electron chi connectivity index (χ2n) is 4.00. The molecule has 0 saturated heterocycles. The van der Waals surface area contributed by atoms with E-state index in [4.69, 9.17) is 0 Å². The van der Waals surface area contributed by atoms with Gasteiger partial charge in [-0.2, -0.15) is 0 Å². The third-order valence-corrected chi connectivity index (χ3v) is 3.56. The summed E-state index contributed by atoms with van der Waals surface area (Å²) in [7, 11) is 4.50.